The van der Waals surface area contributed by atoms with E-state index in [2.05, 4.69) is 191 Å². The van der Waals surface area contributed by atoms with Crippen LogP contribution < -0.4 is 4.90 Å². The van der Waals surface area contributed by atoms with E-state index < -0.39 is 0 Å². The Hall–Kier alpha value is -6.84. The Balaban J connectivity index is 1.12. The van der Waals surface area contributed by atoms with Gasteiger partial charge in [0, 0.05) is 50.4 Å². The van der Waals surface area contributed by atoms with Crippen molar-refractivity contribution in [2.24, 2.45) is 0 Å². The summed E-state index contributed by atoms with van der Waals surface area (Å²) in [5, 5.41) is 4.73. The van der Waals surface area contributed by atoms with Gasteiger partial charge in [-0.25, -0.2) is 0 Å². The van der Waals surface area contributed by atoms with E-state index in [1.165, 1.54) is 38.5 Å². The molecule has 51 heavy (non-hydrogen) atoms. The van der Waals surface area contributed by atoms with Gasteiger partial charge in [0.05, 0.1) is 11.0 Å². The molecule has 10 rings (SSSR count). The van der Waals surface area contributed by atoms with Crippen LogP contribution in [-0.4, -0.2) is 4.57 Å². The van der Waals surface area contributed by atoms with Crippen molar-refractivity contribution >= 4 is 60.8 Å². The second-order valence-electron chi connectivity index (χ2n) is 13.0. The van der Waals surface area contributed by atoms with Gasteiger partial charge in [0.2, 0.25) is 0 Å². The number of para-hydroxylation sites is 3. The molecule has 3 heteroatoms. The maximum absolute atomic E-state index is 6.37. The Bertz CT molecular complexity index is 2850. The van der Waals surface area contributed by atoms with Gasteiger partial charge in [-0.2, -0.15) is 0 Å². The molecule has 0 radical (unpaired) electrons. The first-order chi connectivity index (χ1) is 25.3. The maximum Gasteiger partial charge on any atom is 0.137 e. The summed E-state index contributed by atoms with van der Waals surface area (Å²) in [5.41, 5.74) is 13.2. The lowest BCUT2D eigenvalue weighted by molar-refractivity contribution is 0.669. The van der Waals surface area contributed by atoms with E-state index in [0.717, 1.165) is 50.3 Å². The normalized spacial score (nSPS) is 11.5. The van der Waals surface area contributed by atoms with E-state index in [9.17, 15) is 0 Å². The minimum Gasteiger partial charge on any atom is -0.456 e. The average molecular weight is 653 g/mol. The topological polar surface area (TPSA) is 21.3 Å². The maximum atomic E-state index is 6.37. The van der Waals surface area contributed by atoms with Crippen molar-refractivity contribution in [2.75, 3.05) is 4.90 Å². The standard InChI is InChI=1S/C48H32N2O/c1-3-12-33(13-4-1)34-22-25-38(26-23-34)49(40-27-28-43-42-19-8-10-21-47(42)51-48(43)32-40)39-17-11-14-35(30-39)36-24-29-46-44(31-36)41-18-7-9-20-45(41)50(46)37-15-5-2-6-16-37/h1-32H. The fraction of sp³-hybridized carbons (Fsp3) is 0. The summed E-state index contributed by atoms with van der Waals surface area (Å²) >= 11 is 0. The van der Waals surface area contributed by atoms with Gasteiger partial charge in [-0.05, 0) is 95.1 Å². The molecule has 0 spiro atoms. The Labute approximate surface area is 295 Å². The zero-order chi connectivity index (χ0) is 33.7. The average Bonchev–Trinajstić information content (AvgIpc) is 3.74. The molecule has 0 N–H and O–H groups in total. The Morgan fingerprint density at radius 1 is 0.333 bits per heavy atom. The molecule has 3 nitrogen and oxygen atoms in total. The molecule has 2 aromatic heterocycles. The van der Waals surface area contributed by atoms with Crippen LogP contribution in [0.15, 0.2) is 199 Å². The molecular formula is C48H32N2O. The minimum absolute atomic E-state index is 0.871. The molecule has 0 bridgehead atoms. The number of rotatable bonds is 6. The molecule has 0 atom stereocenters. The van der Waals surface area contributed by atoms with Gasteiger partial charge in [-0.3, -0.25) is 0 Å². The molecule has 0 amide bonds. The van der Waals surface area contributed by atoms with Crippen molar-refractivity contribution in [3.63, 3.8) is 0 Å². The molecule has 0 aliphatic carbocycles. The largest absolute Gasteiger partial charge is 0.456 e. The second kappa shape index (κ2) is 11.9. The Morgan fingerprint density at radius 2 is 0.922 bits per heavy atom. The van der Waals surface area contributed by atoms with Gasteiger partial charge < -0.3 is 13.9 Å². The van der Waals surface area contributed by atoms with E-state index in [4.69, 9.17) is 4.42 Å². The highest BCUT2D eigenvalue weighted by molar-refractivity contribution is 6.10. The molecule has 10 aromatic rings. The lowest BCUT2D eigenvalue weighted by Crippen LogP contribution is -2.10. The Kier molecular flexibility index (Phi) is 6.81. The molecule has 8 aromatic carbocycles. The number of aromatic nitrogens is 1. The fourth-order valence-corrected chi connectivity index (χ4v) is 7.57. The van der Waals surface area contributed by atoms with Crippen LogP contribution in [0.3, 0.4) is 0 Å². The number of hydrogen-bond donors (Lipinski definition) is 0. The number of nitrogens with zero attached hydrogens (tertiary/aromatic N) is 2. The molecule has 2 heterocycles. The van der Waals surface area contributed by atoms with Gasteiger partial charge in [0.15, 0.2) is 0 Å². The van der Waals surface area contributed by atoms with Crippen LogP contribution in [0.4, 0.5) is 17.1 Å². The molecular weight excluding hydrogens is 621 g/mol. The van der Waals surface area contributed by atoms with Crippen LogP contribution in [0.1, 0.15) is 0 Å². The first-order valence-electron chi connectivity index (χ1n) is 17.3. The summed E-state index contributed by atoms with van der Waals surface area (Å²) in [5.74, 6) is 0. The van der Waals surface area contributed by atoms with Crippen molar-refractivity contribution < 1.29 is 4.42 Å². The van der Waals surface area contributed by atoms with Gasteiger partial charge in [0.1, 0.15) is 11.2 Å². The lowest BCUT2D eigenvalue weighted by atomic mass is 10.0. The molecule has 0 aliphatic rings. The van der Waals surface area contributed by atoms with Gasteiger partial charge in [-0.1, -0.05) is 115 Å². The number of anilines is 3. The quantitative estimate of drug-likeness (QED) is 0.178. The number of furan rings is 1. The third kappa shape index (κ3) is 4.98. The van der Waals surface area contributed by atoms with E-state index in [-0.39, 0.29) is 0 Å². The zero-order valence-corrected chi connectivity index (χ0v) is 27.8. The van der Waals surface area contributed by atoms with Crippen LogP contribution in [-0.2, 0) is 0 Å². The second-order valence-corrected chi connectivity index (χ2v) is 13.0. The van der Waals surface area contributed by atoms with Gasteiger partial charge in [-0.15, -0.1) is 0 Å². The molecule has 240 valence electrons. The third-order valence-electron chi connectivity index (χ3n) is 9.98. The third-order valence-corrected chi connectivity index (χ3v) is 9.98. The highest BCUT2D eigenvalue weighted by atomic mass is 16.3. The number of hydrogen-bond acceptors (Lipinski definition) is 2. The first kappa shape index (κ1) is 29.1. The summed E-state index contributed by atoms with van der Waals surface area (Å²) in [6.45, 7) is 0. The lowest BCUT2D eigenvalue weighted by Gasteiger charge is -2.26. The number of fused-ring (bicyclic) bond motifs is 6. The summed E-state index contributed by atoms with van der Waals surface area (Å²) in [6.07, 6.45) is 0. The van der Waals surface area contributed by atoms with Crippen molar-refractivity contribution in [1.82, 2.24) is 4.57 Å². The van der Waals surface area contributed by atoms with Crippen molar-refractivity contribution in [1.29, 1.82) is 0 Å². The minimum atomic E-state index is 0.871. The summed E-state index contributed by atoms with van der Waals surface area (Å²) < 4.78 is 8.73. The van der Waals surface area contributed by atoms with E-state index in [1.807, 2.05) is 12.1 Å². The predicted octanol–water partition coefficient (Wildman–Crippen LogP) is 13.5. The highest BCUT2D eigenvalue weighted by Crippen LogP contribution is 2.41. The van der Waals surface area contributed by atoms with Crippen LogP contribution in [0.25, 0.3) is 71.7 Å². The van der Waals surface area contributed by atoms with Crippen LogP contribution in [0, 0.1) is 0 Å². The molecule has 0 saturated carbocycles. The predicted molar refractivity (Wildman–Crippen MR) is 214 cm³/mol. The van der Waals surface area contributed by atoms with Crippen LogP contribution in [0.2, 0.25) is 0 Å². The molecule has 0 saturated heterocycles. The smallest absolute Gasteiger partial charge is 0.137 e. The summed E-state index contributed by atoms with van der Waals surface area (Å²) in [4.78, 5) is 2.32. The Morgan fingerprint density at radius 3 is 1.76 bits per heavy atom. The zero-order valence-electron chi connectivity index (χ0n) is 27.8. The molecule has 0 aliphatic heterocycles. The summed E-state index contributed by atoms with van der Waals surface area (Å²) in [6, 6.07) is 69.2. The monoisotopic (exact) mass is 652 g/mol. The van der Waals surface area contributed by atoms with Crippen molar-refractivity contribution in [3.8, 4) is 27.9 Å². The van der Waals surface area contributed by atoms with Crippen LogP contribution in [0.5, 0.6) is 0 Å². The molecule has 0 fully saturated rings. The fourth-order valence-electron chi connectivity index (χ4n) is 7.57. The first-order valence-corrected chi connectivity index (χ1v) is 17.3. The van der Waals surface area contributed by atoms with Gasteiger partial charge in [0.25, 0.3) is 0 Å². The van der Waals surface area contributed by atoms with E-state index in [0.29, 0.717) is 0 Å². The molecule has 0 unspecified atom stereocenters. The van der Waals surface area contributed by atoms with Crippen molar-refractivity contribution in [2.45, 2.75) is 0 Å². The highest BCUT2D eigenvalue weighted by Gasteiger charge is 2.18. The van der Waals surface area contributed by atoms with Crippen molar-refractivity contribution in [3.05, 3.63) is 194 Å². The SMILES string of the molecule is c1ccc(-c2ccc(N(c3cccc(-c4ccc5c(c4)c4ccccc4n5-c4ccccc4)c3)c3ccc4c(c3)oc3ccccc34)cc2)cc1. The summed E-state index contributed by atoms with van der Waals surface area (Å²) in [7, 11) is 0. The number of benzene rings is 8. The van der Waals surface area contributed by atoms with Crippen LogP contribution >= 0.6 is 0 Å². The van der Waals surface area contributed by atoms with E-state index in [1.54, 1.807) is 0 Å². The van der Waals surface area contributed by atoms with Gasteiger partial charge >= 0.3 is 0 Å². The van der Waals surface area contributed by atoms with E-state index >= 15 is 0 Å².